The highest BCUT2D eigenvalue weighted by molar-refractivity contribution is 9.10. The van der Waals surface area contributed by atoms with Crippen LogP contribution < -0.4 is 5.32 Å². The van der Waals surface area contributed by atoms with Crippen LogP contribution in [0.3, 0.4) is 0 Å². The van der Waals surface area contributed by atoms with E-state index in [1.54, 1.807) is 6.07 Å². The van der Waals surface area contributed by atoms with Crippen molar-refractivity contribution in [3.05, 3.63) is 27.5 Å². The lowest BCUT2D eigenvalue weighted by molar-refractivity contribution is -0.0261. The number of carbonyl (C=O) groups is 1. The molecule has 1 aliphatic heterocycles. The van der Waals surface area contributed by atoms with Crippen LogP contribution in [0.4, 0.5) is 0 Å². The van der Waals surface area contributed by atoms with Crippen LogP contribution in [0.2, 0.25) is 0 Å². The molecule has 2 unspecified atom stereocenters. The largest absolute Gasteiger partial charge is 0.389 e. The molecule has 1 aromatic rings. The molecule has 0 spiro atoms. The fourth-order valence-corrected chi connectivity index (χ4v) is 3.55. The van der Waals surface area contributed by atoms with Crippen molar-refractivity contribution in [2.45, 2.75) is 44.2 Å². The number of ether oxygens (including phenoxy) is 1. The highest BCUT2D eigenvalue weighted by atomic mass is 79.9. The molecule has 0 saturated carbocycles. The summed E-state index contributed by atoms with van der Waals surface area (Å²) in [5.74, 6) is -0.227. The minimum Gasteiger partial charge on any atom is -0.389 e. The van der Waals surface area contributed by atoms with Crippen molar-refractivity contribution in [1.82, 2.24) is 10.3 Å². The number of rotatable bonds is 2. The molecule has 0 bridgehead atoms. The summed E-state index contributed by atoms with van der Waals surface area (Å²) in [6, 6.07) is 1.52. The van der Waals surface area contributed by atoms with Crippen LogP contribution in [-0.4, -0.2) is 41.4 Å². The molecule has 1 aliphatic carbocycles. The zero-order valence-electron chi connectivity index (χ0n) is 11.8. The summed E-state index contributed by atoms with van der Waals surface area (Å²) in [5, 5.41) is 12.7. The van der Waals surface area contributed by atoms with Crippen molar-refractivity contribution in [2.75, 3.05) is 13.2 Å². The number of amides is 1. The van der Waals surface area contributed by atoms with Gasteiger partial charge in [-0.25, -0.2) is 4.98 Å². The number of halogens is 1. The number of aromatic nitrogens is 1. The maximum Gasteiger partial charge on any atom is 0.270 e. The van der Waals surface area contributed by atoms with Gasteiger partial charge in [-0.2, -0.15) is 0 Å². The molecule has 1 saturated heterocycles. The van der Waals surface area contributed by atoms with E-state index < -0.39 is 6.10 Å². The molecule has 3 rings (SSSR count). The Bertz CT molecular complexity index is 550. The first-order valence-electron chi connectivity index (χ1n) is 7.40. The number of aliphatic hydroxyl groups is 1. The third-order valence-corrected chi connectivity index (χ3v) is 4.83. The first-order valence-corrected chi connectivity index (χ1v) is 8.19. The number of nitrogens with one attached hydrogen (secondary N) is 1. The topological polar surface area (TPSA) is 71.5 Å². The van der Waals surface area contributed by atoms with Gasteiger partial charge >= 0.3 is 0 Å². The Morgan fingerprint density at radius 3 is 3.05 bits per heavy atom. The molecule has 1 amide bonds. The van der Waals surface area contributed by atoms with Crippen molar-refractivity contribution in [3.63, 3.8) is 0 Å². The second-order valence-electron chi connectivity index (χ2n) is 5.63. The molecule has 2 heterocycles. The second kappa shape index (κ2) is 6.42. The van der Waals surface area contributed by atoms with E-state index in [2.05, 4.69) is 26.2 Å². The number of carbonyl (C=O) groups excluding carboxylic acids is 1. The van der Waals surface area contributed by atoms with Gasteiger partial charge in [0, 0.05) is 16.8 Å². The Hall–Kier alpha value is -0.980. The number of hydrogen-bond acceptors (Lipinski definition) is 4. The molecule has 2 atom stereocenters. The summed E-state index contributed by atoms with van der Waals surface area (Å²) >= 11 is 3.55. The van der Waals surface area contributed by atoms with E-state index in [9.17, 15) is 9.90 Å². The molecule has 114 valence electrons. The molecule has 5 nitrogen and oxygen atoms in total. The third-order valence-electron chi connectivity index (χ3n) is 4.12. The lowest BCUT2D eigenvalue weighted by atomic mass is 9.96. The van der Waals surface area contributed by atoms with Gasteiger partial charge < -0.3 is 15.2 Å². The number of nitrogens with zero attached hydrogens (tertiary/aromatic N) is 1. The van der Waals surface area contributed by atoms with Crippen molar-refractivity contribution in [3.8, 4) is 0 Å². The molecular formula is C15H19BrN2O3. The maximum absolute atomic E-state index is 12.4. The van der Waals surface area contributed by atoms with E-state index in [0.717, 1.165) is 29.4 Å². The summed E-state index contributed by atoms with van der Waals surface area (Å²) < 4.78 is 6.13. The quantitative estimate of drug-likeness (QED) is 0.846. The van der Waals surface area contributed by atoms with E-state index in [0.29, 0.717) is 18.7 Å². The lowest BCUT2D eigenvalue weighted by Crippen LogP contribution is -2.48. The Labute approximate surface area is 132 Å². The van der Waals surface area contributed by atoms with E-state index >= 15 is 0 Å². The molecular weight excluding hydrogens is 336 g/mol. The molecule has 0 aromatic carbocycles. The van der Waals surface area contributed by atoms with Crippen LogP contribution in [0, 0.1) is 0 Å². The molecule has 1 fully saturated rings. The van der Waals surface area contributed by atoms with Crippen LogP contribution in [0.5, 0.6) is 0 Å². The van der Waals surface area contributed by atoms with Crippen LogP contribution in [0.25, 0.3) is 0 Å². The fourth-order valence-electron chi connectivity index (χ4n) is 2.90. The minimum atomic E-state index is -0.649. The van der Waals surface area contributed by atoms with Crippen LogP contribution in [0.15, 0.2) is 10.5 Å². The normalized spacial score (nSPS) is 25.2. The van der Waals surface area contributed by atoms with Gasteiger partial charge in [0.25, 0.3) is 5.91 Å². The molecule has 0 radical (unpaired) electrons. The molecule has 6 heteroatoms. The van der Waals surface area contributed by atoms with Crippen molar-refractivity contribution in [1.29, 1.82) is 0 Å². The van der Waals surface area contributed by atoms with Gasteiger partial charge in [0.05, 0.1) is 18.8 Å². The number of hydrogen-bond donors (Lipinski definition) is 2. The van der Waals surface area contributed by atoms with Crippen molar-refractivity contribution < 1.29 is 14.6 Å². The Balaban J connectivity index is 1.76. The minimum absolute atomic E-state index is 0.227. The van der Waals surface area contributed by atoms with Gasteiger partial charge in [0.1, 0.15) is 5.69 Å². The van der Waals surface area contributed by atoms with E-state index in [1.807, 2.05) is 0 Å². The van der Waals surface area contributed by atoms with Gasteiger partial charge in [0.15, 0.2) is 0 Å². The first kappa shape index (κ1) is 14.9. The highest BCUT2D eigenvalue weighted by Gasteiger charge is 2.26. The van der Waals surface area contributed by atoms with Crippen LogP contribution in [-0.2, 0) is 17.6 Å². The summed E-state index contributed by atoms with van der Waals surface area (Å²) in [6.45, 7) is 0.829. The summed E-state index contributed by atoms with van der Waals surface area (Å²) in [5.41, 5.74) is 2.67. The Morgan fingerprint density at radius 2 is 2.24 bits per heavy atom. The van der Waals surface area contributed by atoms with Gasteiger partial charge in [-0.3, -0.25) is 4.79 Å². The summed E-state index contributed by atoms with van der Waals surface area (Å²) in [6.07, 6.45) is 4.21. The van der Waals surface area contributed by atoms with Crippen LogP contribution >= 0.6 is 15.9 Å². The van der Waals surface area contributed by atoms with Crippen molar-refractivity contribution in [2.24, 2.45) is 0 Å². The Morgan fingerprint density at radius 1 is 1.43 bits per heavy atom. The fraction of sp³-hybridized carbons (Fsp3) is 0.600. The standard InChI is InChI=1S/C15H19BrN2O3/c16-10-7-13(17-11-4-2-1-3-9(10)11)15(20)18-12-5-6-21-8-14(12)19/h7,12,14,19H,1-6,8H2,(H,18,20). The predicted octanol–water partition coefficient (Wildman–Crippen LogP) is 1.60. The second-order valence-corrected chi connectivity index (χ2v) is 6.49. The lowest BCUT2D eigenvalue weighted by Gasteiger charge is -2.28. The van der Waals surface area contributed by atoms with E-state index in [4.69, 9.17) is 4.74 Å². The number of aliphatic hydroxyl groups excluding tert-OH is 1. The smallest absolute Gasteiger partial charge is 0.270 e. The zero-order valence-corrected chi connectivity index (χ0v) is 13.4. The average molecular weight is 355 g/mol. The van der Waals surface area contributed by atoms with Gasteiger partial charge in [-0.1, -0.05) is 15.9 Å². The Kier molecular flexibility index (Phi) is 4.57. The summed E-state index contributed by atoms with van der Waals surface area (Å²) in [4.78, 5) is 16.9. The number of pyridine rings is 1. The third kappa shape index (κ3) is 3.27. The van der Waals surface area contributed by atoms with Gasteiger partial charge in [-0.05, 0) is 43.7 Å². The number of fused-ring (bicyclic) bond motifs is 1. The first-order chi connectivity index (χ1) is 10.1. The van der Waals surface area contributed by atoms with E-state index in [-0.39, 0.29) is 18.6 Å². The van der Waals surface area contributed by atoms with Crippen LogP contribution in [0.1, 0.15) is 41.0 Å². The zero-order chi connectivity index (χ0) is 14.8. The average Bonchev–Trinajstić information content (AvgIpc) is 2.49. The molecule has 2 N–H and O–H groups in total. The molecule has 21 heavy (non-hydrogen) atoms. The number of aryl methyl sites for hydroxylation is 1. The predicted molar refractivity (Wildman–Crippen MR) is 81.3 cm³/mol. The van der Waals surface area contributed by atoms with E-state index in [1.165, 1.54) is 12.0 Å². The monoisotopic (exact) mass is 354 g/mol. The van der Waals surface area contributed by atoms with Crippen molar-refractivity contribution >= 4 is 21.8 Å². The highest BCUT2D eigenvalue weighted by Crippen LogP contribution is 2.27. The SMILES string of the molecule is O=C(NC1CCOCC1O)c1cc(Br)c2c(n1)CCCC2. The molecule has 2 aliphatic rings. The van der Waals surface area contributed by atoms with Gasteiger partial charge in [0.2, 0.25) is 0 Å². The maximum atomic E-state index is 12.4. The molecule has 1 aromatic heterocycles. The summed E-state index contributed by atoms with van der Waals surface area (Å²) in [7, 11) is 0. The van der Waals surface area contributed by atoms with Gasteiger partial charge in [-0.15, -0.1) is 0 Å².